The summed E-state index contributed by atoms with van der Waals surface area (Å²) in [6.45, 7) is 2.08. The first-order chi connectivity index (χ1) is 13.8. The average molecular weight is 363 g/mol. The van der Waals surface area contributed by atoms with Crippen molar-refractivity contribution < 1.29 is 0 Å². The van der Waals surface area contributed by atoms with Crippen LogP contribution in [0.15, 0.2) is 97.1 Å². The van der Waals surface area contributed by atoms with Gasteiger partial charge in [0.05, 0.1) is 11.7 Å². The molecule has 0 aliphatic carbocycles. The van der Waals surface area contributed by atoms with E-state index in [0.717, 1.165) is 22.8 Å². The highest BCUT2D eigenvalue weighted by Gasteiger charge is 2.27. The molecule has 0 bridgehead atoms. The molecule has 1 aliphatic heterocycles. The Bertz CT molecular complexity index is 1130. The van der Waals surface area contributed by atoms with Gasteiger partial charge in [-0.15, -0.1) is 0 Å². The third kappa shape index (κ3) is 2.81. The molecule has 0 amide bonds. The van der Waals surface area contributed by atoms with Crippen LogP contribution in [0.1, 0.15) is 22.9 Å². The number of allylic oxidation sites excluding steroid dienone is 1. The molecule has 1 atom stereocenters. The van der Waals surface area contributed by atoms with E-state index in [1.165, 1.54) is 16.7 Å². The SMILES string of the molecule is Cc1nn2c(c1-c1ccccc1)NC(c1ccccc1)=C[C@@H]2c1ccccc1. The molecule has 0 radical (unpaired) electrons. The number of hydrogen-bond donors (Lipinski definition) is 1. The normalized spacial score (nSPS) is 15.5. The van der Waals surface area contributed by atoms with E-state index in [1.807, 2.05) is 12.1 Å². The van der Waals surface area contributed by atoms with Crippen LogP contribution < -0.4 is 5.32 Å². The zero-order valence-electron chi connectivity index (χ0n) is 15.7. The van der Waals surface area contributed by atoms with E-state index in [9.17, 15) is 0 Å². The summed E-state index contributed by atoms with van der Waals surface area (Å²) < 4.78 is 2.11. The number of anilines is 1. The molecular weight excluding hydrogens is 342 g/mol. The lowest BCUT2D eigenvalue weighted by Crippen LogP contribution is -2.20. The highest BCUT2D eigenvalue weighted by atomic mass is 15.4. The van der Waals surface area contributed by atoms with Gasteiger partial charge in [0.15, 0.2) is 0 Å². The van der Waals surface area contributed by atoms with Crippen LogP contribution in [0.2, 0.25) is 0 Å². The number of benzene rings is 3. The van der Waals surface area contributed by atoms with E-state index in [1.54, 1.807) is 0 Å². The molecule has 5 rings (SSSR count). The summed E-state index contributed by atoms with van der Waals surface area (Å²) in [7, 11) is 0. The van der Waals surface area contributed by atoms with Crippen LogP contribution >= 0.6 is 0 Å². The molecule has 0 fully saturated rings. The fourth-order valence-corrected chi connectivity index (χ4v) is 3.89. The molecule has 0 saturated heterocycles. The van der Waals surface area contributed by atoms with E-state index >= 15 is 0 Å². The summed E-state index contributed by atoms with van der Waals surface area (Å²) in [6.07, 6.45) is 2.26. The highest BCUT2D eigenvalue weighted by Crippen LogP contribution is 2.40. The van der Waals surface area contributed by atoms with Crippen LogP contribution in [-0.4, -0.2) is 9.78 Å². The van der Waals surface area contributed by atoms with Gasteiger partial charge in [-0.25, -0.2) is 4.68 Å². The third-order valence-corrected chi connectivity index (χ3v) is 5.21. The van der Waals surface area contributed by atoms with Crippen molar-refractivity contribution in [2.75, 3.05) is 5.32 Å². The molecule has 0 unspecified atom stereocenters. The smallest absolute Gasteiger partial charge is 0.138 e. The number of fused-ring (bicyclic) bond motifs is 1. The van der Waals surface area contributed by atoms with Crippen LogP contribution in [0.4, 0.5) is 5.82 Å². The Morgan fingerprint density at radius 3 is 1.96 bits per heavy atom. The van der Waals surface area contributed by atoms with Gasteiger partial charge in [-0.05, 0) is 29.7 Å². The standard InChI is InChI=1S/C25H21N3/c1-18-24(21-15-9-4-10-16-21)25-26-22(19-11-5-2-6-12-19)17-23(28(25)27-18)20-13-7-3-8-14-20/h2-17,23,26H,1H3/t23-/m1/s1. The van der Waals surface area contributed by atoms with Crippen LogP contribution in [0.25, 0.3) is 16.8 Å². The van der Waals surface area contributed by atoms with E-state index in [4.69, 9.17) is 5.10 Å². The lowest BCUT2D eigenvalue weighted by Gasteiger charge is -2.26. The molecule has 1 aromatic heterocycles. The second-order valence-corrected chi connectivity index (χ2v) is 7.05. The van der Waals surface area contributed by atoms with Crippen molar-refractivity contribution in [3.8, 4) is 11.1 Å². The number of nitrogens with one attached hydrogen (secondary N) is 1. The molecule has 1 N–H and O–H groups in total. The Kier molecular flexibility index (Phi) is 4.06. The quantitative estimate of drug-likeness (QED) is 0.490. The minimum Gasteiger partial charge on any atom is -0.340 e. The van der Waals surface area contributed by atoms with E-state index in [2.05, 4.69) is 102 Å². The molecule has 4 aromatic rings. The monoisotopic (exact) mass is 363 g/mol. The Morgan fingerprint density at radius 2 is 1.32 bits per heavy atom. The maximum Gasteiger partial charge on any atom is 0.138 e. The van der Waals surface area contributed by atoms with Crippen molar-refractivity contribution in [3.05, 3.63) is 114 Å². The third-order valence-electron chi connectivity index (χ3n) is 5.21. The van der Waals surface area contributed by atoms with Crippen LogP contribution in [0, 0.1) is 6.92 Å². The lowest BCUT2D eigenvalue weighted by atomic mass is 10.00. The molecule has 2 heterocycles. The minimum atomic E-state index is 0.0452. The second kappa shape index (κ2) is 6.86. The molecule has 136 valence electrons. The fraction of sp³-hybridized carbons (Fsp3) is 0.0800. The highest BCUT2D eigenvalue weighted by molar-refractivity contribution is 5.87. The number of nitrogens with zero attached hydrogens (tertiary/aromatic N) is 2. The van der Waals surface area contributed by atoms with Gasteiger partial charge in [-0.3, -0.25) is 0 Å². The zero-order valence-corrected chi connectivity index (χ0v) is 15.7. The maximum atomic E-state index is 4.92. The first-order valence-corrected chi connectivity index (χ1v) is 9.55. The lowest BCUT2D eigenvalue weighted by molar-refractivity contribution is 0.608. The summed E-state index contributed by atoms with van der Waals surface area (Å²) in [6, 6.07) is 31.6. The summed E-state index contributed by atoms with van der Waals surface area (Å²) in [4.78, 5) is 0. The topological polar surface area (TPSA) is 29.9 Å². The zero-order chi connectivity index (χ0) is 18.9. The molecular formula is C25H21N3. The molecule has 3 nitrogen and oxygen atoms in total. The van der Waals surface area contributed by atoms with Crippen molar-refractivity contribution in [1.82, 2.24) is 9.78 Å². The van der Waals surface area contributed by atoms with E-state index in [-0.39, 0.29) is 6.04 Å². The van der Waals surface area contributed by atoms with Gasteiger partial charge in [0.2, 0.25) is 0 Å². The maximum absolute atomic E-state index is 4.92. The van der Waals surface area contributed by atoms with E-state index in [0.29, 0.717) is 0 Å². The van der Waals surface area contributed by atoms with Crippen molar-refractivity contribution in [2.24, 2.45) is 0 Å². The van der Waals surface area contributed by atoms with Crippen molar-refractivity contribution in [2.45, 2.75) is 13.0 Å². The average Bonchev–Trinajstić information content (AvgIpc) is 3.10. The van der Waals surface area contributed by atoms with Gasteiger partial charge in [0.1, 0.15) is 5.82 Å². The minimum absolute atomic E-state index is 0.0452. The molecule has 0 spiro atoms. The number of aromatic nitrogens is 2. The van der Waals surface area contributed by atoms with Gasteiger partial charge < -0.3 is 5.32 Å². The summed E-state index contributed by atoms with van der Waals surface area (Å²) in [5, 5.41) is 8.59. The Labute approximate surface area is 165 Å². The first-order valence-electron chi connectivity index (χ1n) is 9.55. The predicted octanol–water partition coefficient (Wildman–Crippen LogP) is 5.91. The largest absolute Gasteiger partial charge is 0.340 e. The molecule has 3 aromatic carbocycles. The summed E-state index contributed by atoms with van der Waals surface area (Å²) in [5.41, 5.74) is 6.86. The Hall–Kier alpha value is -3.59. The summed E-state index contributed by atoms with van der Waals surface area (Å²) >= 11 is 0. The van der Waals surface area contributed by atoms with Crippen molar-refractivity contribution in [1.29, 1.82) is 0 Å². The fourth-order valence-electron chi connectivity index (χ4n) is 3.89. The molecule has 1 aliphatic rings. The van der Waals surface area contributed by atoms with Crippen molar-refractivity contribution >= 4 is 11.5 Å². The number of aryl methyl sites for hydroxylation is 1. The molecule has 0 saturated carbocycles. The van der Waals surface area contributed by atoms with Gasteiger partial charge in [-0.2, -0.15) is 5.10 Å². The molecule has 28 heavy (non-hydrogen) atoms. The molecule has 3 heteroatoms. The van der Waals surface area contributed by atoms with Gasteiger partial charge in [0.25, 0.3) is 0 Å². The van der Waals surface area contributed by atoms with Gasteiger partial charge >= 0.3 is 0 Å². The van der Waals surface area contributed by atoms with Crippen molar-refractivity contribution in [3.63, 3.8) is 0 Å². The summed E-state index contributed by atoms with van der Waals surface area (Å²) in [5.74, 6) is 1.04. The number of hydrogen-bond acceptors (Lipinski definition) is 2. The second-order valence-electron chi connectivity index (χ2n) is 7.05. The van der Waals surface area contributed by atoms with Crippen LogP contribution in [0.3, 0.4) is 0 Å². The first kappa shape index (κ1) is 16.6. The van der Waals surface area contributed by atoms with Crippen LogP contribution in [0.5, 0.6) is 0 Å². The van der Waals surface area contributed by atoms with Gasteiger partial charge in [0, 0.05) is 11.3 Å². The Balaban J connectivity index is 1.71. The van der Waals surface area contributed by atoms with E-state index < -0.39 is 0 Å². The number of rotatable bonds is 3. The Morgan fingerprint density at radius 1 is 0.750 bits per heavy atom. The van der Waals surface area contributed by atoms with Gasteiger partial charge in [-0.1, -0.05) is 91.0 Å². The predicted molar refractivity (Wildman–Crippen MR) is 115 cm³/mol. The van der Waals surface area contributed by atoms with Crippen LogP contribution in [-0.2, 0) is 0 Å².